The molecule has 0 rings (SSSR count). The highest BCUT2D eigenvalue weighted by Gasteiger charge is 2.14. The van der Waals surface area contributed by atoms with Crippen molar-refractivity contribution in [3.8, 4) is 0 Å². The maximum absolute atomic E-state index is 5.72. The van der Waals surface area contributed by atoms with Crippen molar-refractivity contribution in [3.05, 3.63) is 25.0 Å². The van der Waals surface area contributed by atoms with Gasteiger partial charge in [0.2, 0.25) is 12.6 Å². The Hall–Kier alpha value is -1.20. The van der Waals surface area contributed by atoms with Crippen LogP contribution >= 0.6 is 0 Å². The molecular weight excluding hydrogens is 320 g/mol. The summed E-state index contributed by atoms with van der Waals surface area (Å²) in [5.74, 6) is 0.179. The quantitative estimate of drug-likeness (QED) is 0.255. The van der Waals surface area contributed by atoms with E-state index in [2.05, 4.69) is 27.0 Å². The van der Waals surface area contributed by atoms with Crippen LogP contribution in [0.3, 0.4) is 0 Å². The zero-order chi connectivity index (χ0) is 19.2. The molecule has 0 aromatic heterocycles. The van der Waals surface area contributed by atoms with E-state index in [1.165, 1.54) is 0 Å². The van der Waals surface area contributed by atoms with Crippen molar-refractivity contribution in [2.75, 3.05) is 0 Å². The Balaban J connectivity index is 4.02. The highest BCUT2D eigenvalue weighted by molar-refractivity contribution is 4.80. The second kappa shape index (κ2) is 14.0. The van der Waals surface area contributed by atoms with E-state index in [1.54, 1.807) is 0 Å². The highest BCUT2D eigenvalue weighted by atomic mass is 16.8. The van der Waals surface area contributed by atoms with Crippen molar-refractivity contribution in [2.24, 2.45) is 0 Å². The van der Waals surface area contributed by atoms with Crippen LogP contribution < -0.4 is 0 Å². The lowest BCUT2D eigenvalue weighted by Gasteiger charge is -2.23. The van der Waals surface area contributed by atoms with Crippen molar-refractivity contribution in [3.63, 3.8) is 0 Å². The summed E-state index contributed by atoms with van der Waals surface area (Å²) in [5.41, 5.74) is 0. The first kappa shape index (κ1) is 23.8. The second-order valence-corrected chi connectivity index (χ2v) is 6.39. The minimum Gasteiger partial charge on any atom is -0.436 e. The van der Waals surface area contributed by atoms with E-state index < -0.39 is 12.6 Å². The maximum atomic E-state index is 5.72. The lowest BCUT2D eigenvalue weighted by atomic mass is 10.2. The van der Waals surface area contributed by atoms with Crippen molar-refractivity contribution in [1.29, 1.82) is 0 Å². The summed E-state index contributed by atoms with van der Waals surface area (Å²) in [6.45, 7) is 19.4. The van der Waals surface area contributed by atoms with E-state index in [0.717, 1.165) is 38.5 Å². The zero-order valence-electron chi connectivity index (χ0n) is 17.0. The lowest BCUT2D eigenvalue weighted by molar-refractivity contribution is -0.187. The Kier molecular flexibility index (Phi) is 13.3. The monoisotopic (exact) mass is 358 g/mol. The predicted octanol–water partition coefficient (Wildman–Crippen LogP) is 5.86. The van der Waals surface area contributed by atoms with Gasteiger partial charge in [-0.1, -0.05) is 39.5 Å². The summed E-state index contributed by atoms with van der Waals surface area (Å²) in [7, 11) is 0. The maximum Gasteiger partial charge on any atom is 0.281 e. The summed E-state index contributed by atoms with van der Waals surface area (Å²) >= 11 is 0. The summed E-state index contributed by atoms with van der Waals surface area (Å²) < 4.78 is 27.7. The molecule has 0 aliphatic heterocycles. The van der Waals surface area contributed by atoms with Gasteiger partial charge in [0.25, 0.3) is 11.9 Å². The molecular formula is C20H38O5. The first-order chi connectivity index (χ1) is 11.8. The molecule has 5 heteroatoms. The Morgan fingerprint density at radius 1 is 0.720 bits per heavy atom. The van der Waals surface area contributed by atoms with Gasteiger partial charge in [-0.25, -0.2) is 0 Å². The predicted molar refractivity (Wildman–Crippen MR) is 101 cm³/mol. The van der Waals surface area contributed by atoms with E-state index in [0.29, 0.717) is 0 Å². The van der Waals surface area contributed by atoms with Gasteiger partial charge in [0.1, 0.15) is 0 Å². The van der Waals surface area contributed by atoms with E-state index in [1.807, 2.05) is 27.7 Å². The van der Waals surface area contributed by atoms with E-state index in [9.17, 15) is 0 Å². The van der Waals surface area contributed by atoms with Gasteiger partial charge in [-0.15, -0.1) is 0 Å². The fourth-order valence-electron chi connectivity index (χ4n) is 2.37. The van der Waals surface area contributed by atoms with E-state index in [4.69, 9.17) is 23.7 Å². The molecule has 5 nitrogen and oxygen atoms in total. The standard InChI is InChI=1S/C20H38O5/c1-9-11-13-15(3)21-17(5)23-19(7)25-20(8)24-18(6)22-16(4)14-12-10-2/h15-18H,7-14H2,1-6H3. The molecule has 0 spiro atoms. The van der Waals surface area contributed by atoms with Gasteiger partial charge in [0.05, 0.1) is 12.2 Å². The van der Waals surface area contributed by atoms with Crippen LogP contribution in [0.4, 0.5) is 0 Å². The molecule has 4 atom stereocenters. The molecule has 25 heavy (non-hydrogen) atoms. The Bertz CT molecular complexity index is 335. The number of unbranched alkanes of at least 4 members (excludes halogenated alkanes) is 2. The zero-order valence-corrected chi connectivity index (χ0v) is 17.0. The number of hydrogen-bond acceptors (Lipinski definition) is 5. The number of rotatable bonds is 16. The number of hydrogen-bond donors (Lipinski definition) is 0. The lowest BCUT2D eigenvalue weighted by Crippen LogP contribution is -2.22. The van der Waals surface area contributed by atoms with Gasteiger partial charge >= 0.3 is 0 Å². The summed E-state index contributed by atoms with van der Waals surface area (Å²) in [5, 5.41) is 0. The molecule has 0 saturated heterocycles. The molecule has 0 bridgehead atoms. The Morgan fingerprint density at radius 3 is 1.40 bits per heavy atom. The molecule has 0 aromatic carbocycles. The van der Waals surface area contributed by atoms with E-state index >= 15 is 0 Å². The normalized spacial score (nSPS) is 15.8. The van der Waals surface area contributed by atoms with Crippen LogP contribution in [0.2, 0.25) is 0 Å². The molecule has 0 aliphatic carbocycles. The van der Waals surface area contributed by atoms with Crippen LogP contribution in [0, 0.1) is 0 Å². The molecule has 0 heterocycles. The molecule has 0 aromatic rings. The second-order valence-electron chi connectivity index (χ2n) is 6.39. The largest absolute Gasteiger partial charge is 0.436 e. The molecule has 148 valence electrons. The molecule has 0 radical (unpaired) electrons. The molecule has 0 amide bonds. The third kappa shape index (κ3) is 13.7. The van der Waals surface area contributed by atoms with Gasteiger partial charge in [0, 0.05) is 0 Å². The molecule has 0 fully saturated rings. The topological polar surface area (TPSA) is 46.2 Å². The van der Waals surface area contributed by atoms with Gasteiger partial charge in [-0.3, -0.25) is 0 Å². The Labute approximate surface area is 154 Å². The fraction of sp³-hybridized carbons (Fsp3) is 0.800. The van der Waals surface area contributed by atoms with Crippen molar-refractivity contribution in [1.82, 2.24) is 0 Å². The van der Waals surface area contributed by atoms with E-state index in [-0.39, 0.29) is 24.1 Å². The average Bonchev–Trinajstić information content (AvgIpc) is 2.49. The smallest absolute Gasteiger partial charge is 0.281 e. The third-order valence-corrected chi connectivity index (χ3v) is 3.60. The first-order valence-corrected chi connectivity index (χ1v) is 9.48. The molecule has 0 aliphatic rings. The van der Waals surface area contributed by atoms with Crippen LogP contribution in [0.15, 0.2) is 25.0 Å². The summed E-state index contributed by atoms with van der Waals surface area (Å²) in [6, 6.07) is 0. The summed E-state index contributed by atoms with van der Waals surface area (Å²) in [4.78, 5) is 0. The fourth-order valence-corrected chi connectivity index (χ4v) is 2.37. The van der Waals surface area contributed by atoms with Crippen molar-refractivity contribution < 1.29 is 23.7 Å². The minimum absolute atomic E-state index is 0.0893. The molecule has 0 N–H and O–H groups in total. The minimum atomic E-state index is -0.449. The Morgan fingerprint density at radius 2 is 1.08 bits per heavy atom. The van der Waals surface area contributed by atoms with Gasteiger partial charge in [-0.2, -0.15) is 0 Å². The highest BCUT2D eigenvalue weighted by Crippen LogP contribution is 2.15. The third-order valence-electron chi connectivity index (χ3n) is 3.60. The van der Waals surface area contributed by atoms with Gasteiger partial charge in [-0.05, 0) is 53.7 Å². The first-order valence-electron chi connectivity index (χ1n) is 9.48. The van der Waals surface area contributed by atoms with Crippen LogP contribution in [0.5, 0.6) is 0 Å². The SMILES string of the molecule is C=C(OC(=C)OC(C)OC(C)CCCC)OC(C)OC(C)CCCC. The molecule has 4 unspecified atom stereocenters. The summed E-state index contributed by atoms with van der Waals surface area (Å²) in [6.07, 6.45) is 5.90. The van der Waals surface area contributed by atoms with Crippen molar-refractivity contribution in [2.45, 2.75) is 105 Å². The van der Waals surface area contributed by atoms with Gasteiger partial charge < -0.3 is 23.7 Å². The number of ether oxygens (including phenoxy) is 5. The van der Waals surface area contributed by atoms with Gasteiger partial charge in [0.15, 0.2) is 0 Å². The van der Waals surface area contributed by atoms with Crippen LogP contribution in [-0.2, 0) is 23.7 Å². The van der Waals surface area contributed by atoms with Crippen LogP contribution in [-0.4, -0.2) is 24.8 Å². The van der Waals surface area contributed by atoms with Crippen LogP contribution in [0.25, 0.3) is 0 Å². The van der Waals surface area contributed by atoms with Crippen LogP contribution in [0.1, 0.15) is 80.1 Å². The average molecular weight is 359 g/mol. The molecule has 0 saturated carbocycles. The van der Waals surface area contributed by atoms with Crippen molar-refractivity contribution >= 4 is 0 Å².